The van der Waals surface area contributed by atoms with Crippen LogP contribution in [0, 0.1) is 0 Å². The minimum absolute atomic E-state index is 0.802. The third-order valence-electron chi connectivity index (χ3n) is 4.09. The zero-order chi connectivity index (χ0) is 16.3. The van der Waals surface area contributed by atoms with Gasteiger partial charge >= 0.3 is 0 Å². The van der Waals surface area contributed by atoms with Gasteiger partial charge < -0.3 is 10.0 Å². The first kappa shape index (κ1) is 15.3. The van der Waals surface area contributed by atoms with Gasteiger partial charge in [-0.15, -0.1) is 0 Å². The fourth-order valence-electron chi connectivity index (χ4n) is 2.77. The lowest BCUT2D eigenvalue weighted by atomic mass is 9.81. The van der Waals surface area contributed by atoms with Crippen LogP contribution in [0.2, 0.25) is 0 Å². The van der Waals surface area contributed by atoms with Crippen LogP contribution in [0.5, 0.6) is 0 Å². The van der Waals surface area contributed by atoms with Crippen molar-refractivity contribution in [2.45, 2.75) is 5.60 Å². The number of aromatic nitrogens is 1. The third-order valence-corrected chi connectivity index (χ3v) is 4.09. The number of benzene rings is 2. The highest BCUT2D eigenvalue weighted by Gasteiger charge is 2.33. The van der Waals surface area contributed by atoms with Crippen LogP contribution in [0.3, 0.4) is 0 Å². The van der Waals surface area contributed by atoms with Crippen LogP contribution >= 0.6 is 0 Å². The fourth-order valence-corrected chi connectivity index (χ4v) is 2.77. The molecule has 0 aliphatic rings. The summed E-state index contributed by atoms with van der Waals surface area (Å²) in [4.78, 5) is 6.11. The lowest BCUT2D eigenvalue weighted by Gasteiger charge is -2.30. The summed E-state index contributed by atoms with van der Waals surface area (Å²) in [7, 11) is 4.00. The lowest BCUT2D eigenvalue weighted by molar-refractivity contribution is 0.125. The molecule has 1 unspecified atom stereocenters. The van der Waals surface area contributed by atoms with E-state index in [-0.39, 0.29) is 0 Å². The Labute approximate surface area is 136 Å². The summed E-state index contributed by atoms with van der Waals surface area (Å²) in [6.45, 7) is 0. The second kappa shape index (κ2) is 6.23. The van der Waals surface area contributed by atoms with E-state index in [0.717, 1.165) is 22.4 Å². The molecule has 0 radical (unpaired) electrons. The number of hydrogen-bond acceptors (Lipinski definition) is 3. The second-order valence-electron chi connectivity index (χ2n) is 5.75. The highest BCUT2D eigenvalue weighted by Crippen LogP contribution is 2.36. The predicted octanol–water partition coefficient (Wildman–Crippen LogP) is 3.43. The van der Waals surface area contributed by atoms with E-state index >= 15 is 0 Å². The SMILES string of the molecule is CN(C)c1ccc(C(O)(c2ccccc2)c2ccncc2)cc1. The van der Waals surface area contributed by atoms with Crippen LogP contribution in [0.1, 0.15) is 16.7 Å². The van der Waals surface area contributed by atoms with E-state index in [1.54, 1.807) is 12.4 Å². The molecule has 3 nitrogen and oxygen atoms in total. The number of rotatable bonds is 4. The molecule has 0 bridgehead atoms. The molecular weight excluding hydrogens is 284 g/mol. The monoisotopic (exact) mass is 304 g/mol. The van der Waals surface area contributed by atoms with E-state index in [1.165, 1.54) is 0 Å². The van der Waals surface area contributed by atoms with Crippen molar-refractivity contribution < 1.29 is 5.11 Å². The van der Waals surface area contributed by atoms with Crippen LogP contribution in [-0.2, 0) is 5.60 Å². The molecule has 1 aromatic heterocycles. The first-order chi connectivity index (χ1) is 11.1. The number of anilines is 1. The van der Waals surface area contributed by atoms with Crippen molar-refractivity contribution in [1.29, 1.82) is 0 Å². The molecule has 3 heteroatoms. The van der Waals surface area contributed by atoms with Gasteiger partial charge in [0.2, 0.25) is 0 Å². The Bertz CT molecular complexity index is 713. The van der Waals surface area contributed by atoms with Crippen LogP contribution in [0.15, 0.2) is 79.1 Å². The standard InChI is InChI=1S/C20H20N2O/c1-22(2)19-10-8-17(9-11-19)20(23,16-6-4-3-5-7-16)18-12-14-21-15-13-18/h3-15,23H,1-2H3. The van der Waals surface area contributed by atoms with Gasteiger partial charge in [-0.05, 0) is 41.0 Å². The Balaban J connectivity index is 2.16. The normalized spacial score (nSPS) is 13.3. The predicted molar refractivity (Wildman–Crippen MR) is 93.5 cm³/mol. The molecule has 1 atom stereocenters. The van der Waals surface area contributed by atoms with Crippen molar-refractivity contribution in [3.05, 3.63) is 95.8 Å². The fraction of sp³-hybridized carbons (Fsp3) is 0.150. The van der Waals surface area contributed by atoms with Gasteiger partial charge in [0.05, 0.1) is 0 Å². The highest BCUT2D eigenvalue weighted by atomic mass is 16.3. The van der Waals surface area contributed by atoms with E-state index < -0.39 is 5.60 Å². The summed E-state index contributed by atoms with van der Waals surface area (Å²) in [6, 6.07) is 21.4. The minimum Gasteiger partial charge on any atom is -0.378 e. The van der Waals surface area contributed by atoms with Crippen molar-refractivity contribution in [1.82, 2.24) is 4.98 Å². The summed E-state index contributed by atoms with van der Waals surface area (Å²) in [5.74, 6) is 0. The molecule has 0 aliphatic heterocycles. The van der Waals surface area contributed by atoms with Crippen LogP contribution in [0.25, 0.3) is 0 Å². The quantitative estimate of drug-likeness (QED) is 0.802. The van der Waals surface area contributed by atoms with Gasteiger partial charge in [0.1, 0.15) is 5.60 Å². The Morgan fingerprint density at radius 2 is 1.26 bits per heavy atom. The molecule has 116 valence electrons. The molecule has 3 aromatic rings. The molecule has 3 rings (SSSR count). The number of nitrogens with zero attached hydrogens (tertiary/aromatic N) is 2. The maximum absolute atomic E-state index is 11.6. The van der Waals surface area contributed by atoms with E-state index in [0.29, 0.717) is 0 Å². The van der Waals surface area contributed by atoms with Gasteiger partial charge in [-0.25, -0.2) is 0 Å². The van der Waals surface area contributed by atoms with Gasteiger partial charge in [-0.3, -0.25) is 4.98 Å². The second-order valence-corrected chi connectivity index (χ2v) is 5.75. The molecule has 1 heterocycles. The molecule has 23 heavy (non-hydrogen) atoms. The largest absolute Gasteiger partial charge is 0.378 e. The van der Waals surface area contributed by atoms with Crippen LogP contribution < -0.4 is 4.90 Å². The van der Waals surface area contributed by atoms with Crippen LogP contribution in [-0.4, -0.2) is 24.2 Å². The molecule has 0 fully saturated rings. The smallest absolute Gasteiger partial charge is 0.140 e. The minimum atomic E-state index is -1.20. The van der Waals surface area contributed by atoms with Crippen molar-refractivity contribution in [2.24, 2.45) is 0 Å². The first-order valence-electron chi connectivity index (χ1n) is 7.58. The molecule has 0 amide bonds. The average molecular weight is 304 g/mol. The number of hydrogen-bond donors (Lipinski definition) is 1. The van der Waals surface area contributed by atoms with Gasteiger partial charge in [-0.2, -0.15) is 0 Å². The Kier molecular flexibility index (Phi) is 4.13. The summed E-state index contributed by atoms with van der Waals surface area (Å²) < 4.78 is 0. The van der Waals surface area contributed by atoms with E-state index in [2.05, 4.69) is 4.98 Å². The summed E-state index contributed by atoms with van der Waals surface area (Å²) >= 11 is 0. The highest BCUT2D eigenvalue weighted by molar-refractivity contribution is 5.52. The molecular formula is C20H20N2O. The summed E-state index contributed by atoms with van der Waals surface area (Å²) in [5.41, 5.74) is 2.37. The third kappa shape index (κ3) is 2.83. The summed E-state index contributed by atoms with van der Waals surface area (Å²) in [6.07, 6.45) is 3.41. The Morgan fingerprint density at radius 3 is 1.83 bits per heavy atom. The van der Waals surface area contributed by atoms with E-state index in [9.17, 15) is 5.11 Å². The topological polar surface area (TPSA) is 36.4 Å². The molecule has 2 aromatic carbocycles. The molecule has 1 N–H and O–H groups in total. The number of pyridine rings is 1. The van der Waals surface area contributed by atoms with Gasteiger partial charge in [-0.1, -0.05) is 42.5 Å². The van der Waals surface area contributed by atoms with Crippen molar-refractivity contribution >= 4 is 5.69 Å². The van der Waals surface area contributed by atoms with Gasteiger partial charge in [0.15, 0.2) is 0 Å². The zero-order valence-electron chi connectivity index (χ0n) is 13.3. The van der Waals surface area contributed by atoms with Crippen molar-refractivity contribution in [3.8, 4) is 0 Å². The maximum atomic E-state index is 11.6. The lowest BCUT2D eigenvalue weighted by Crippen LogP contribution is -2.28. The van der Waals surface area contributed by atoms with Crippen molar-refractivity contribution in [3.63, 3.8) is 0 Å². The first-order valence-corrected chi connectivity index (χ1v) is 7.58. The molecule has 0 saturated heterocycles. The van der Waals surface area contributed by atoms with Gasteiger partial charge in [0.25, 0.3) is 0 Å². The average Bonchev–Trinajstić information content (AvgIpc) is 2.62. The summed E-state index contributed by atoms with van der Waals surface area (Å²) in [5, 5.41) is 11.6. The maximum Gasteiger partial charge on any atom is 0.140 e. The Hall–Kier alpha value is -2.65. The Morgan fingerprint density at radius 1 is 0.739 bits per heavy atom. The zero-order valence-corrected chi connectivity index (χ0v) is 13.3. The van der Waals surface area contributed by atoms with E-state index in [4.69, 9.17) is 0 Å². The van der Waals surface area contributed by atoms with Gasteiger partial charge in [0, 0.05) is 32.2 Å². The van der Waals surface area contributed by atoms with Crippen molar-refractivity contribution in [2.75, 3.05) is 19.0 Å². The molecule has 0 saturated carbocycles. The molecule has 0 aliphatic carbocycles. The van der Waals surface area contributed by atoms with E-state index in [1.807, 2.05) is 85.7 Å². The molecule has 0 spiro atoms. The van der Waals surface area contributed by atoms with Crippen LogP contribution in [0.4, 0.5) is 5.69 Å². The number of aliphatic hydroxyl groups is 1.